The second kappa shape index (κ2) is 5.11. The number of rotatable bonds is 3. The van der Waals surface area contributed by atoms with Crippen LogP contribution in [0.25, 0.3) is 0 Å². The summed E-state index contributed by atoms with van der Waals surface area (Å²) in [7, 11) is 0. The smallest absolute Gasteiger partial charge is 0.306 e. The quantitative estimate of drug-likeness (QED) is 0.881. The topological polar surface area (TPSA) is 66.8 Å². The molecule has 0 aromatic heterocycles. The molecule has 0 aliphatic carbocycles. The Labute approximate surface area is 113 Å². The lowest BCUT2D eigenvalue weighted by molar-refractivity contribution is -0.142. The van der Waals surface area contributed by atoms with Gasteiger partial charge in [0.05, 0.1) is 12.0 Å². The van der Waals surface area contributed by atoms with E-state index >= 15 is 0 Å². The molecule has 1 aromatic rings. The van der Waals surface area contributed by atoms with Crippen LogP contribution in [0, 0.1) is 19.8 Å². The average molecular weight is 264 g/mol. The van der Waals surface area contributed by atoms with Gasteiger partial charge in [-0.05, 0) is 50.3 Å². The van der Waals surface area contributed by atoms with Crippen LogP contribution in [0.4, 0.5) is 0 Å². The number of aryl methyl sites for hydroxylation is 1. The minimum absolute atomic E-state index is 0.0538. The van der Waals surface area contributed by atoms with Crippen molar-refractivity contribution in [3.05, 3.63) is 22.8 Å². The van der Waals surface area contributed by atoms with Crippen molar-refractivity contribution in [2.24, 2.45) is 5.92 Å². The van der Waals surface area contributed by atoms with Gasteiger partial charge in [-0.1, -0.05) is 6.92 Å². The Kier molecular flexibility index (Phi) is 3.69. The van der Waals surface area contributed by atoms with Crippen LogP contribution >= 0.6 is 0 Å². The molecule has 0 spiro atoms. The molecule has 2 N–H and O–H groups in total. The summed E-state index contributed by atoms with van der Waals surface area (Å²) in [6.45, 7) is 5.44. The third-order valence-electron chi connectivity index (χ3n) is 3.87. The summed E-state index contributed by atoms with van der Waals surface area (Å²) in [5, 5.41) is 18.9. The molecule has 1 aliphatic rings. The van der Waals surface area contributed by atoms with Crippen molar-refractivity contribution >= 4 is 5.97 Å². The number of benzene rings is 1. The monoisotopic (exact) mass is 264 g/mol. The largest absolute Gasteiger partial charge is 0.507 e. The van der Waals surface area contributed by atoms with Gasteiger partial charge in [0, 0.05) is 5.56 Å². The van der Waals surface area contributed by atoms with Gasteiger partial charge in [0.15, 0.2) is 0 Å². The van der Waals surface area contributed by atoms with Crippen LogP contribution in [0.3, 0.4) is 0 Å². The molecule has 1 heterocycles. The Morgan fingerprint density at radius 2 is 2.21 bits per heavy atom. The number of aliphatic carboxylic acids is 1. The Morgan fingerprint density at radius 3 is 2.84 bits per heavy atom. The Hall–Kier alpha value is -1.71. The number of hydrogen-bond donors (Lipinski definition) is 2. The van der Waals surface area contributed by atoms with E-state index in [-0.39, 0.29) is 6.10 Å². The van der Waals surface area contributed by atoms with Crippen molar-refractivity contribution < 1.29 is 19.7 Å². The number of hydrogen-bond acceptors (Lipinski definition) is 3. The maximum atomic E-state index is 10.9. The lowest BCUT2D eigenvalue weighted by Crippen LogP contribution is -2.27. The molecule has 19 heavy (non-hydrogen) atoms. The summed E-state index contributed by atoms with van der Waals surface area (Å²) >= 11 is 0. The van der Waals surface area contributed by atoms with Gasteiger partial charge in [-0.25, -0.2) is 0 Å². The molecule has 104 valence electrons. The van der Waals surface area contributed by atoms with Crippen molar-refractivity contribution in [3.8, 4) is 11.5 Å². The van der Waals surface area contributed by atoms with Crippen LogP contribution in [0.15, 0.2) is 6.07 Å². The molecule has 2 atom stereocenters. The zero-order valence-electron chi connectivity index (χ0n) is 11.6. The number of aromatic hydroxyl groups is 1. The second-order valence-electron chi connectivity index (χ2n) is 5.40. The summed E-state index contributed by atoms with van der Waals surface area (Å²) in [6.07, 6.45) is 2.09. The molecule has 0 radical (unpaired) electrons. The number of carboxylic acids is 1. The minimum atomic E-state index is -0.785. The SMILES string of the molecule is Cc1cc2c(c(C)c1O)CCC(CC(C)C(=O)O)O2. The first-order valence-electron chi connectivity index (χ1n) is 6.61. The van der Waals surface area contributed by atoms with E-state index in [1.807, 2.05) is 19.9 Å². The van der Waals surface area contributed by atoms with Gasteiger partial charge in [0.2, 0.25) is 0 Å². The van der Waals surface area contributed by atoms with Crippen molar-refractivity contribution in [2.45, 2.75) is 46.1 Å². The van der Waals surface area contributed by atoms with Gasteiger partial charge in [-0.15, -0.1) is 0 Å². The fraction of sp³-hybridized carbons (Fsp3) is 0.533. The predicted molar refractivity (Wildman–Crippen MR) is 71.7 cm³/mol. The second-order valence-corrected chi connectivity index (χ2v) is 5.40. The van der Waals surface area contributed by atoms with Gasteiger partial charge in [0.25, 0.3) is 0 Å². The number of fused-ring (bicyclic) bond motifs is 1. The number of ether oxygens (including phenoxy) is 1. The van der Waals surface area contributed by atoms with Crippen LogP contribution in [0.2, 0.25) is 0 Å². The normalized spacial score (nSPS) is 19.4. The van der Waals surface area contributed by atoms with E-state index in [0.717, 1.165) is 35.3 Å². The summed E-state index contributed by atoms with van der Waals surface area (Å²) in [5.74, 6) is -0.0559. The highest BCUT2D eigenvalue weighted by molar-refractivity contribution is 5.69. The summed E-state index contributed by atoms with van der Waals surface area (Å²) in [4.78, 5) is 10.9. The molecule has 2 rings (SSSR count). The summed E-state index contributed by atoms with van der Waals surface area (Å²) in [5.41, 5.74) is 2.71. The van der Waals surface area contributed by atoms with E-state index in [4.69, 9.17) is 9.84 Å². The molecular formula is C15H20O4. The molecule has 4 heteroatoms. The number of phenols is 1. The Balaban J connectivity index is 2.18. The highest BCUT2D eigenvalue weighted by Crippen LogP contribution is 2.38. The molecule has 0 fully saturated rings. The molecule has 2 unspecified atom stereocenters. The Morgan fingerprint density at radius 1 is 1.53 bits per heavy atom. The lowest BCUT2D eigenvalue weighted by Gasteiger charge is -2.29. The molecule has 1 aliphatic heterocycles. The van der Waals surface area contributed by atoms with Crippen molar-refractivity contribution in [3.63, 3.8) is 0 Å². The third kappa shape index (κ3) is 2.67. The maximum absolute atomic E-state index is 10.9. The fourth-order valence-electron chi connectivity index (χ4n) is 2.60. The predicted octanol–water partition coefficient (Wildman–Crippen LogP) is 2.81. The van der Waals surface area contributed by atoms with Crippen LogP contribution in [0.1, 0.15) is 36.5 Å². The number of carboxylic acid groups (broad SMARTS) is 1. The molecule has 0 amide bonds. The molecule has 4 nitrogen and oxygen atoms in total. The van der Waals surface area contributed by atoms with E-state index in [1.54, 1.807) is 6.92 Å². The molecule has 0 saturated heterocycles. The van der Waals surface area contributed by atoms with E-state index in [2.05, 4.69) is 0 Å². The Bertz CT molecular complexity index is 507. The fourth-order valence-corrected chi connectivity index (χ4v) is 2.60. The van der Waals surface area contributed by atoms with Crippen LogP contribution < -0.4 is 4.74 Å². The van der Waals surface area contributed by atoms with E-state index in [0.29, 0.717) is 12.2 Å². The van der Waals surface area contributed by atoms with E-state index < -0.39 is 11.9 Å². The zero-order valence-corrected chi connectivity index (χ0v) is 11.6. The van der Waals surface area contributed by atoms with Crippen LogP contribution in [0.5, 0.6) is 11.5 Å². The highest BCUT2D eigenvalue weighted by Gasteiger charge is 2.26. The number of phenolic OH excluding ortho intramolecular Hbond substituents is 1. The van der Waals surface area contributed by atoms with Crippen LogP contribution in [-0.2, 0) is 11.2 Å². The van der Waals surface area contributed by atoms with Crippen molar-refractivity contribution in [2.75, 3.05) is 0 Å². The lowest BCUT2D eigenvalue weighted by atomic mass is 9.92. The number of carbonyl (C=O) groups is 1. The zero-order chi connectivity index (χ0) is 14.2. The summed E-state index contributed by atoms with van der Waals surface area (Å²) < 4.78 is 5.89. The first-order valence-corrected chi connectivity index (χ1v) is 6.61. The first-order chi connectivity index (χ1) is 8.90. The first kappa shape index (κ1) is 13.7. The molecule has 0 bridgehead atoms. The van der Waals surface area contributed by atoms with Gasteiger partial charge in [-0.3, -0.25) is 4.79 Å². The summed E-state index contributed by atoms with van der Waals surface area (Å²) in [6, 6.07) is 1.84. The average Bonchev–Trinajstić information content (AvgIpc) is 2.35. The minimum Gasteiger partial charge on any atom is -0.507 e. The molecular weight excluding hydrogens is 244 g/mol. The van der Waals surface area contributed by atoms with Crippen molar-refractivity contribution in [1.29, 1.82) is 0 Å². The molecule has 1 aromatic carbocycles. The van der Waals surface area contributed by atoms with Gasteiger partial charge in [-0.2, -0.15) is 0 Å². The van der Waals surface area contributed by atoms with Gasteiger partial charge >= 0.3 is 5.97 Å². The van der Waals surface area contributed by atoms with E-state index in [1.165, 1.54) is 0 Å². The van der Waals surface area contributed by atoms with Gasteiger partial charge in [0.1, 0.15) is 11.5 Å². The molecule has 0 saturated carbocycles. The van der Waals surface area contributed by atoms with Crippen molar-refractivity contribution in [1.82, 2.24) is 0 Å². The standard InChI is InChI=1S/C15H20O4/c1-8-7-13-12(10(3)14(8)16)5-4-11(19-13)6-9(2)15(17)18/h7,9,11,16H,4-6H2,1-3H3,(H,17,18). The van der Waals surface area contributed by atoms with E-state index in [9.17, 15) is 9.90 Å². The highest BCUT2D eigenvalue weighted by atomic mass is 16.5. The maximum Gasteiger partial charge on any atom is 0.306 e. The third-order valence-corrected chi connectivity index (χ3v) is 3.87. The van der Waals surface area contributed by atoms with Crippen LogP contribution in [-0.4, -0.2) is 22.3 Å². The van der Waals surface area contributed by atoms with Gasteiger partial charge < -0.3 is 14.9 Å².